The highest BCUT2D eigenvalue weighted by Gasteiger charge is 2.40. The standard InChI is InChI=1S/C34H43N3O/c1-31(2,3)28-25(23(20-35)21-36)19-24(38-30(28)32(4,5)6)12-11-22-17-26-29-27(18-22)34(9,10)14-16-37(29)15-13-33(26,7)8/h11-12,17-19H,13-16H2,1-10H3. The summed E-state index contributed by atoms with van der Waals surface area (Å²) >= 11 is 0. The summed E-state index contributed by atoms with van der Waals surface area (Å²) in [4.78, 5) is 2.58. The molecule has 3 heterocycles. The van der Waals surface area contributed by atoms with Crippen LogP contribution < -0.4 is 4.90 Å². The lowest BCUT2D eigenvalue weighted by Gasteiger charge is -2.48. The smallest absolute Gasteiger partial charge is 0.137 e. The predicted molar refractivity (Wildman–Crippen MR) is 156 cm³/mol. The molecule has 0 fully saturated rings. The molecule has 0 saturated heterocycles. The Balaban J connectivity index is 1.85. The van der Waals surface area contributed by atoms with Crippen LogP contribution in [-0.2, 0) is 15.6 Å². The second-order valence-corrected chi connectivity index (χ2v) is 14.4. The molecule has 0 radical (unpaired) electrons. The van der Waals surface area contributed by atoms with Crippen molar-refractivity contribution in [1.29, 1.82) is 10.5 Å². The molecule has 0 aliphatic carbocycles. The molecule has 3 aliphatic heterocycles. The first kappa shape index (κ1) is 27.8. The number of benzene rings is 1. The van der Waals surface area contributed by atoms with Gasteiger partial charge >= 0.3 is 0 Å². The number of ether oxygens (including phenoxy) is 1. The zero-order chi connectivity index (χ0) is 28.3. The average Bonchev–Trinajstić information content (AvgIpc) is 2.80. The maximum absolute atomic E-state index is 9.80. The molecule has 0 N–H and O–H groups in total. The van der Waals surface area contributed by atoms with Gasteiger partial charge in [-0.25, -0.2) is 0 Å². The molecule has 1 aromatic rings. The molecule has 0 spiro atoms. The summed E-state index contributed by atoms with van der Waals surface area (Å²) in [5, 5.41) is 19.6. The van der Waals surface area contributed by atoms with E-state index in [1.165, 1.54) is 16.8 Å². The Morgan fingerprint density at radius 2 is 1.39 bits per heavy atom. The fourth-order valence-electron chi connectivity index (χ4n) is 5.97. The lowest BCUT2D eigenvalue weighted by Crippen LogP contribution is -2.44. The zero-order valence-corrected chi connectivity index (χ0v) is 25.0. The third-order valence-corrected chi connectivity index (χ3v) is 8.29. The molecule has 0 amide bonds. The van der Waals surface area contributed by atoms with Crippen molar-refractivity contribution in [2.45, 2.75) is 92.9 Å². The Morgan fingerprint density at radius 1 is 0.868 bits per heavy atom. The van der Waals surface area contributed by atoms with Gasteiger partial charge in [-0.3, -0.25) is 0 Å². The summed E-state index contributed by atoms with van der Waals surface area (Å²) in [5.41, 5.74) is 6.78. The van der Waals surface area contributed by atoms with Crippen LogP contribution in [0.1, 0.15) is 98.8 Å². The van der Waals surface area contributed by atoms with Crippen molar-refractivity contribution in [2.75, 3.05) is 18.0 Å². The fourth-order valence-corrected chi connectivity index (χ4v) is 5.97. The topological polar surface area (TPSA) is 60.0 Å². The molecule has 0 atom stereocenters. The van der Waals surface area contributed by atoms with Crippen LogP contribution in [0.2, 0.25) is 0 Å². The number of nitrogens with zero attached hydrogens (tertiary/aromatic N) is 3. The van der Waals surface area contributed by atoms with Crippen LogP contribution in [-0.4, -0.2) is 13.1 Å². The second-order valence-electron chi connectivity index (χ2n) is 14.4. The van der Waals surface area contributed by atoms with E-state index in [9.17, 15) is 10.5 Å². The predicted octanol–water partition coefficient (Wildman–Crippen LogP) is 8.47. The molecule has 4 rings (SSSR count). The summed E-state index contributed by atoms with van der Waals surface area (Å²) in [6.45, 7) is 24.3. The van der Waals surface area contributed by atoms with Gasteiger partial charge in [-0.2, -0.15) is 10.5 Å². The van der Waals surface area contributed by atoms with E-state index in [1.807, 2.05) is 12.2 Å². The summed E-state index contributed by atoms with van der Waals surface area (Å²) in [5.74, 6) is 1.45. The molecule has 0 bridgehead atoms. The van der Waals surface area contributed by atoms with Crippen LogP contribution in [0.15, 0.2) is 52.5 Å². The maximum atomic E-state index is 9.80. The molecule has 0 saturated carbocycles. The summed E-state index contributed by atoms with van der Waals surface area (Å²) < 4.78 is 6.55. The first-order valence-corrected chi connectivity index (χ1v) is 13.8. The SMILES string of the molecule is CC(C)(C)C1=C(C(C)(C)C)C(=C(C#N)C#N)C=C(C=Cc2cc3c4c(c2)C(C)(C)CCN4CCC3(C)C)O1. The van der Waals surface area contributed by atoms with Gasteiger partial charge in [0, 0.05) is 35.3 Å². The van der Waals surface area contributed by atoms with Gasteiger partial charge in [0.15, 0.2) is 0 Å². The Bertz CT molecular complexity index is 1310. The minimum atomic E-state index is -0.301. The lowest BCUT2D eigenvalue weighted by molar-refractivity contribution is 0.208. The quantitative estimate of drug-likeness (QED) is 0.375. The highest BCUT2D eigenvalue weighted by molar-refractivity contribution is 5.72. The lowest BCUT2D eigenvalue weighted by atomic mass is 9.69. The number of hydrogen-bond acceptors (Lipinski definition) is 4. The van der Waals surface area contributed by atoms with Crippen LogP contribution in [0.3, 0.4) is 0 Å². The highest BCUT2D eigenvalue weighted by Crippen LogP contribution is 2.50. The maximum Gasteiger partial charge on any atom is 0.137 e. The summed E-state index contributed by atoms with van der Waals surface area (Å²) in [6, 6.07) is 8.94. The van der Waals surface area contributed by atoms with Crippen molar-refractivity contribution < 1.29 is 4.74 Å². The average molecular weight is 510 g/mol. The Morgan fingerprint density at radius 3 is 1.84 bits per heavy atom. The van der Waals surface area contributed by atoms with Gasteiger partial charge in [-0.15, -0.1) is 0 Å². The molecule has 200 valence electrons. The van der Waals surface area contributed by atoms with Crippen LogP contribution in [0.5, 0.6) is 0 Å². The van der Waals surface area contributed by atoms with E-state index in [1.54, 1.807) is 0 Å². The molecule has 0 aromatic heterocycles. The minimum Gasteiger partial charge on any atom is -0.461 e. The number of anilines is 1. The van der Waals surface area contributed by atoms with E-state index in [0.717, 1.165) is 42.8 Å². The van der Waals surface area contributed by atoms with Gasteiger partial charge in [-0.1, -0.05) is 75.3 Å². The molecule has 4 nitrogen and oxygen atoms in total. The number of nitriles is 2. The van der Waals surface area contributed by atoms with Crippen molar-refractivity contribution >= 4 is 11.8 Å². The second kappa shape index (κ2) is 9.20. The number of rotatable bonds is 2. The van der Waals surface area contributed by atoms with E-state index in [4.69, 9.17) is 4.74 Å². The van der Waals surface area contributed by atoms with Crippen molar-refractivity contribution in [2.24, 2.45) is 10.8 Å². The molecule has 38 heavy (non-hydrogen) atoms. The van der Waals surface area contributed by atoms with Gasteiger partial charge in [0.2, 0.25) is 0 Å². The van der Waals surface area contributed by atoms with Crippen LogP contribution in [0, 0.1) is 33.5 Å². The van der Waals surface area contributed by atoms with E-state index in [0.29, 0.717) is 11.3 Å². The Hall–Kier alpha value is -3.24. The molecule has 1 aromatic carbocycles. The Labute approximate surface area is 230 Å². The van der Waals surface area contributed by atoms with Crippen molar-refractivity contribution in [3.05, 3.63) is 69.2 Å². The fraction of sp³-hybridized carbons (Fsp3) is 0.529. The Kier molecular flexibility index (Phi) is 6.73. The van der Waals surface area contributed by atoms with E-state index >= 15 is 0 Å². The molecular weight excluding hydrogens is 466 g/mol. The normalized spacial score (nSPS) is 20.4. The first-order valence-electron chi connectivity index (χ1n) is 13.8. The van der Waals surface area contributed by atoms with E-state index in [-0.39, 0.29) is 27.2 Å². The molecule has 4 heteroatoms. The van der Waals surface area contributed by atoms with E-state index < -0.39 is 0 Å². The van der Waals surface area contributed by atoms with Gasteiger partial charge in [0.25, 0.3) is 0 Å². The van der Waals surface area contributed by atoms with E-state index in [2.05, 4.69) is 104 Å². The largest absolute Gasteiger partial charge is 0.461 e. The third-order valence-electron chi connectivity index (χ3n) is 8.29. The zero-order valence-electron chi connectivity index (χ0n) is 25.0. The number of hydrogen-bond donors (Lipinski definition) is 0. The van der Waals surface area contributed by atoms with Gasteiger partial charge in [-0.05, 0) is 70.1 Å². The van der Waals surface area contributed by atoms with Gasteiger partial charge in [0.1, 0.15) is 29.2 Å². The number of allylic oxidation sites excluding steroid dienone is 6. The summed E-state index contributed by atoms with van der Waals surface area (Å²) in [7, 11) is 0. The monoisotopic (exact) mass is 509 g/mol. The molecular formula is C34H43N3O. The van der Waals surface area contributed by atoms with Crippen molar-refractivity contribution in [3.63, 3.8) is 0 Å². The van der Waals surface area contributed by atoms with Crippen molar-refractivity contribution in [3.8, 4) is 12.1 Å². The first-order chi connectivity index (χ1) is 17.5. The minimum absolute atomic E-state index is 0.118. The van der Waals surface area contributed by atoms with Gasteiger partial charge in [0.05, 0.1) is 0 Å². The summed E-state index contributed by atoms with van der Waals surface area (Å²) in [6.07, 6.45) is 8.29. The third kappa shape index (κ3) is 4.94. The van der Waals surface area contributed by atoms with Crippen molar-refractivity contribution in [1.82, 2.24) is 0 Å². The molecule has 0 unspecified atom stereocenters. The van der Waals surface area contributed by atoms with Crippen LogP contribution in [0.4, 0.5) is 5.69 Å². The van der Waals surface area contributed by atoms with Crippen LogP contribution in [0.25, 0.3) is 6.08 Å². The van der Waals surface area contributed by atoms with Crippen LogP contribution >= 0.6 is 0 Å². The van der Waals surface area contributed by atoms with Gasteiger partial charge < -0.3 is 9.64 Å². The highest BCUT2D eigenvalue weighted by atomic mass is 16.5. The molecule has 3 aliphatic rings.